The lowest BCUT2D eigenvalue weighted by Gasteiger charge is -2.38. The number of carbonyl (C=O) groups is 2. The maximum absolute atomic E-state index is 12.5. The van der Waals surface area contributed by atoms with Gasteiger partial charge in [0.15, 0.2) is 5.65 Å². The van der Waals surface area contributed by atoms with E-state index >= 15 is 0 Å². The fourth-order valence-corrected chi connectivity index (χ4v) is 7.63. The van der Waals surface area contributed by atoms with Gasteiger partial charge in [0.25, 0.3) is 0 Å². The second kappa shape index (κ2) is 14.4. The lowest BCUT2D eigenvalue weighted by Crippen LogP contribution is -2.50. The largest absolute Gasteiger partial charge is 0.371 e. The Hall–Kier alpha value is -5.56. The molecule has 0 bridgehead atoms. The predicted molar refractivity (Wildman–Crippen MR) is 199 cm³/mol. The number of para-hydroxylation sites is 1. The minimum Gasteiger partial charge on any atom is -0.371 e. The Morgan fingerprint density at radius 1 is 0.863 bits per heavy atom. The molecule has 3 aliphatic rings. The van der Waals surface area contributed by atoms with E-state index in [0.29, 0.717) is 31.1 Å². The third-order valence-electron chi connectivity index (χ3n) is 10.4. The molecule has 5 heterocycles. The van der Waals surface area contributed by atoms with Gasteiger partial charge in [-0.05, 0) is 80.8 Å². The van der Waals surface area contributed by atoms with Gasteiger partial charge in [-0.15, -0.1) is 0 Å². The number of rotatable bonds is 10. The van der Waals surface area contributed by atoms with Gasteiger partial charge in [-0.25, -0.2) is 14.8 Å². The van der Waals surface area contributed by atoms with Crippen LogP contribution in [0.15, 0.2) is 79.3 Å². The van der Waals surface area contributed by atoms with Gasteiger partial charge < -0.3 is 15.5 Å². The molecule has 0 unspecified atom stereocenters. The number of nitrogens with one attached hydrogen (secondary N) is 3. The van der Waals surface area contributed by atoms with Crippen molar-refractivity contribution in [3.63, 3.8) is 0 Å². The molecule has 13 heteroatoms. The summed E-state index contributed by atoms with van der Waals surface area (Å²) >= 11 is 0. The van der Waals surface area contributed by atoms with Gasteiger partial charge in [-0.3, -0.25) is 29.5 Å². The zero-order valence-electron chi connectivity index (χ0n) is 28.8. The van der Waals surface area contributed by atoms with Gasteiger partial charge in [-0.1, -0.05) is 31.0 Å². The molecule has 2 aromatic carbocycles. The van der Waals surface area contributed by atoms with Crippen molar-refractivity contribution in [1.29, 1.82) is 0 Å². The second-order valence-corrected chi connectivity index (χ2v) is 13.7. The van der Waals surface area contributed by atoms with Gasteiger partial charge in [0.05, 0.1) is 18.1 Å². The molecule has 0 radical (unpaired) electrons. The normalized spacial score (nSPS) is 17.4. The standard InChI is InChI=1S/C38H43N11O2/c1-46(25-26-15-19-39-24-33(26)48-22-18-34(50)44-38(48)51)29-16-20-47(21-17-29)30-13-11-28(12-14-30)41-36-40-23-32-35(45-36)49(31-9-5-6-10-31)37(43-32)42-27-7-3-2-4-8-27/h2-4,7-8,11-15,19,23-24,29,31H,5-6,9-10,16-18,20-22,25H2,1H3,(H,42,43)(H,40,41,45)(H,44,50,51). The van der Waals surface area contributed by atoms with Crippen LogP contribution in [0.4, 0.5) is 39.4 Å². The third kappa shape index (κ3) is 7.07. The van der Waals surface area contributed by atoms with E-state index in [0.717, 1.165) is 78.5 Å². The van der Waals surface area contributed by atoms with E-state index in [9.17, 15) is 9.59 Å². The SMILES string of the molecule is CN(Cc1ccncc1N1CCC(=O)NC1=O)C1CCN(c2ccc(Nc3ncc4nc(Nc5ccccc5)n(C5CCCC5)c4n3)cc2)CC1. The molecular formula is C38H43N11O2. The van der Waals surface area contributed by atoms with Crippen molar-refractivity contribution >= 4 is 57.7 Å². The number of anilines is 6. The number of nitrogens with zero attached hydrogens (tertiary/aromatic N) is 8. The Morgan fingerprint density at radius 3 is 2.39 bits per heavy atom. The van der Waals surface area contributed by atoms with Crippen LogP contribution in [0.1, 0.15) is 56.6 Å². The van der Waals surface area contributed by atoms with Crippen LogP contribution in [0.2, 0.25) is 0 Å². The highest BCUT2D eigenvalue weighted by Gasteiger charge is 2.28. The van der Waals surface area contributed by atoms with Crippen LogP contribution in [0.3, 0.4) is 0 Å². The first kappa shape index (κ1) is 32.6. The maximum Gasteiger partial charge on any atom is 0.328 e. The quantitative estimate of drug-likeness (QED) is 0.152. The number of amides is 3. The molecule has 0 spiro atoms. The predicted octanol–water partition coefficient (Wildman–Crippen LogP) is 6.37. The summed E-state index contributed by atoms with van der Waals surface area (Å²) in [4.78, 5) is 49.3. The molecule has 262 valence electrons. The maximum atomic E-state index is 12.5. The zero-order chi connectivity index (χ0) is 34.7. The number of hydrogen-bond donors (Lipinski definition) is 3. The highest BCUT2D eigenvalue weighted by atomic mass is 16.2. The summed E-state index contributed by atoms with van der Waals surface area (Å²) in [6.45, 7) is 2.96. The minimum atomic E-state index is -0.385. The first-order valence-corrected chi connectivity index (χ1v) is 17.9. The van der Waals surface area contributed by atoms with Gasteiger partial charge >= 0.3 is 6.03 Å². The number of urea groups is 1. The van der Waals surface area contributed by atoms with E-state index in [4.69, 9.17) is 9.97 Å². The molecule has 3 aromatic heterocycles. The summed E-state index contributed by atoms with van der Waals surface area (Å²) in [5.74, 6) is 1.12. The van der Waals surface area contributed by atoms with Gasteiger partial charge in [0.1, 0.15) is 5.52 Å². The van der Waals surface area contributed by atoms with Crippen molar-refractivity contribution < 1.29 is 9.59 Å². The smallest absolute Gasteiger partial charge is 0.328 e. The summed E-state index contributed by atoms with van der Waals surface area (Å²) in [6.07, 6.45) is 12.3. The molecule has 13 nitrogen and oxygen atoms in total. The summed E-state index contributed by atoms with van der Waals surface area (Å²) in [5, 5.41) is 9.35. The first-order valence-electron chi connectivity index (χ1n) is 17.9. The molecule has 5 aromatic rings. The summed E-state index contributed by atoms with van der Waals surface area (Å²) in [5.41, 5.74) is 6.53. The topological polar surface area (TPSA) is 136 Å². The Kier molecular flexibility index (Phi) is 9.18. The van der Waals surface area contributed by atoms with Crippen molar-refractivity contribution in [1.82, 2.24) is 34.7 Å². The fraction of sp³-hybridized carbons (Fsp3) is 0.368. The van der Waals surface area contributed by atoms with Crippen molar-refractivity contribution in [2.75, 3.05) is 47.1 Å². The average Bonchev–Trinajstić information content (AvgIpc) is 3.81. The number of carbonyl (C=O) groups excluding carboxylic acids is 2. The van der Waals surface area contributed by atoms with Crippen molar-refractivity contribution in [3.8, 4) is 0 Å². The van der Waals surface area contributed by atoms with E-state index in [2.05, 4.69) is 71.6 Å². The van der Waals surface area contributed by atoms with Gasteiger partial charge in [0, 0.05) is 67.9 Å². The lowest BCUT2D eigenvalue weighted by molar-refractivity contribution is -0.120. The number of aromatic nitrogens is 5. The fourth-order valence-electron chi connectivity index (χ4n) is 7.63. The molecule has 51 heavy (non-hydrogen) atoms. The molecule has 8 rings (SSSR count). The van der Waals surface area contributed by atoms with Crippen LogP contribution in [-0.2, 0) is 11.3 Å². The van der Waals surface area contributed by atoms with E-state index in [1.165, 1.54) is 18.5 Å². The Bertz CT molecular complexity index is 2000. The molecule has 1 aliphatic carbocycles. The Balaban J connectivity index is 0.900. The third-order valence-corrected chi connectivity index (χ3v) is 10.4. The molecular weight excluding hydrogens is 642 g/mol. The lowest BCUT2D eigenvalue weighted by atomic mass is 10.0. The van der Waals surface area contributed by atoms with Crippen LogP contribution in [0, 0.1) is 0 Å². The number of imide groups is 1. The summed E-state index contributed by atoms with van der Waals surface area (Å²) in [7, 11) is 2.14. The summed E-state index contributed by atoms with van der Waals surface area (Å²) in [6, 6.07) is 21.0. The highest BCUT2D eigenvalue weighted by molar-refractivity contribution is 6.05. The van der Waals surface area contributed by atoms with E-state index in [1.54, 1.807) is 17.3 Å². The number of piperidine rings is 1. The number of imidazole rings is 1. The average molecular weight is 686 g/mol. The van der Waals surface area contributed by atoms with Gasteiger partial charge in [0.2, 0.25) is 17.8 Å². The van der Waals surface area contributed by atoms with Crippen molar-refractivity contribution in [3.05, 3.63) is 84.8 Å². The number of hydrogen-bond acceptors (Lipinski definition) is 10. The molecule has 3 N–H and O–H groups in total. The van der Waals surface area contributed by atoms with Crippen LogP contribution < -0.4 is 25.8 Å². The van der Waals surface area contributed by atoms with Gasteiger partial charge in [-0.2, -0.15) is 4.98 Å². The number of benzene rings is 2. The zero-order valence-corrected chi connectivity index (χ0v) is 28.8. The summed E-state index contributed by atoms with van der Waals surface area (Å²) < 4.78 is 2.26. The molecule has 3 amide bonds. The second-order valence-electron chi connectivity index (χ2n) is 13.7. The van der Waals surface area contributed by atoms with Crippen LogP contribution in [-0.4, -0.2) is 74.1 Å². The molecule has 0 atom stereocenters. The monoisotopic (exact) mass is 685 g/mol. The van der Waals surface area contributed by atoms with Crippen LogP contribution in [0.5, 0.6) is 0 Å². The van der Waals surface area contributed by atoms with Crippen molar-refractivity contribution in [2.45, 2.75) is 63.6 Å². The van der Waals surface area contributed by atoms with E-state index in [1.807, 2.05) is 42.6 Å². The Labute approximate surface area is 297 Å². The number of pyridine rings is 1. The van der Waals surface area contributed by atoms with E-state index < -0.39 is 0 Å². The van der Waals surface area contributed by atoms with E-state index in [-0.39, 0.29) is 18.4 Å². The minimum absolute atomic E-state index is 0.239. The van der Waals surface area contributed by atoms with Crippen molar-refractivity contribution in [2.24, 2.45) is 0 Å². The highest BCUT2D eigenvalue weighted by Crippen LogP contribution is 2.36. The number of fused-ring (bicyclic) bond motifs is 1. The molecule has 2 aliphatic heterocycles. The Morgan fingerprint density at radius 2 is 1.63 bits per heavy atom. The van der Waals surface area contributed by atoms with Crippen LogP contribution in [0.25, 0.3) is 11.2 Å². The first-order chi connectivity index (χ1) is 25.0. The molecule has 3 fully saturated rings. The molecule has 1 saturated carbocycles. The van der Waals surface area contributed by atoms with Crippen LogP contribution >= 0.6 is 0 Å². The molecule has 2 saturated heterocycles.